The average Bonchev–Trinajstić information content (AvgIpc) is 3.17. The molecule has 0 N–H and O–H groups in total. The molecule has 2 heteroatoms. The molecule has 0 spiro atoms. The predicted molar refractivity (Wildman–Crippen MR) is 149 cm³/mol. The Morgan fingerprint density at radius 3 is 1.78 bits per heavy atom. The van der Waals surface area contributed by atoms with Gasteiger partial charge in [0.25, 0.3) is 0 Å². The molecule has 0 aliphatic heterocycles. The molecule has 0 amide bonds. The Morgan fingerprint density at radius 1 is 0.656 bits per heavy atom. The first-order valence-electron chi connectivity index (χ1n) is 11.9. The van der Waals surface area contributed by atoms with Gasteiger partial charge < -0.3 is 0 Å². The Balaban J connectivity index is 2.06. The van der Waals surface area contributed by atoms with Gasteiger partial charge in [-0.1, -0.05) is 136 Å². The molecule has 1 aliphatic rings. The summed E-state index contributed by atoms with van der Waals surface area (Å²) in [4.78, 5) is 0. The van der Waals surface area contributed by atoms with Crippen LogP contribution in [0.25, 0.3) is 28.3 Å². The topological polar surface area (TPSA) is 0 Å². The predicted octanol–water partition coefficient (Wildman–Crippen LogP) is 7.72. The third-order valence-electron chi connectivity index (χ3n) is 6.62. The van der Waals surface area contributed by atoms with E-state index in [4.69, 9.17) is 0 Å². The molecule has 0 saturated heterocycles. The number of fused-ring (bicyclic) bond motifs is 1. The third kappa shape index (κ3) is 4.49. The number of benzene rings is 3. The van der Waals surface area contributed by atoms with Crippen molar-refractivity contribution < 1.29 is 0 Å². The molecule has 3 aromatic rings. The Kier molecular flexibility index (Phi) is 5.98. The van der Waals surface area contributed by atoms with Gasteiger partial charge in [-0.3, -0.25) is 0 Å². The van der Waals surface area contributed by atoms with Crippen LogP contribution in [0.15, 0.2) is 66.2 Å². The summed E-state index contributed by atoms with van der Waals surface area (Å²) in [5.74, 6) is 0.529. The van der Waals surface area contributed by atoms with E-state index in [0.29, 0.717) is 5.92 Å². The van der Waals surface area contributed by atoms with Crippen molar-refractivity contribution in [3.63, 3.8) is 0 Å². The van der Waals surface area contributed by atoms with Crippen LogP contribution in [0, 0.1) is 12.3 Å². The summed E-state index contributed by atoms with van der Waals surface area (Å²) in [6.45, 7) is 19.4. The maximum absolute atomic E-state index is 2.54. The van der Waals surface area contributed by atoms with Crippen LogP contribution < -0.4 is 10.4 Å². The van der Waals surface area contributed by atoms with Crippen molar-refractivity contribution in [1.82, 2.24) is 0 Å². The van der Waals surface area contributed by atoms with Gasteiger partial charge in [0.2, 0.25) is 0 Å². The standard InChI is InChI=1S/C30H37Si2/c1-21(2)24-16-23-14-15-28(22-12-10-9-11-13-22)30(29(23)19-24)25-17-26(31(3,4)5)20-27(18-25)32(6,7)8/h9-21H,1-8H3. The zero-order valence-corrected chi connectivity index (χ0v) is 23.0. The second-order valence-electron chi connectivity index (χ2n) is 11.6. The molecular formula is C30H37Si2. The lowest BCUT2D eigenvalue weighted by Crippen LogP contribution is -2.45. The summed E-state index contributed by atoms with van der Waals surface area (Å²) in [7, 11) is -2.92. The number of rotatable bonds is 5. The van der Waals surface area contributed by atoms with Crippen molar-refractivity contribution >= 4 is 32.6 Å². The van der Waals surface area contributed by atoms with Gasteiger partial charge in [0.05, 0.1) is 16.1 Å². The molecule has 0 saturated carbocycles. The van der Waals surface area contributed by atoms with Crippen molar-refractivity contribution in [3.8, 4) is 22.3 Å². The summed E-state index contributed by atoms with van der Waals surface area (Å²) in [6.07, 6.45) is 4.83. The average molecular weight is 454 g/mol. The van der Waals surface area contributed by atoms with Gasteiger partial charge in [0.15, 0.2) is 0 Å². The molecule has 0 bridgehead atoms. The van der Waals surface area contributed by atoms with Crippen molar-refractivity contribution in [3.05, 3.63) is 83.8 Å². The van der Waals surface area contributed by atoms with E-state index in [9.17, 15) is 0 Å². The van der Waals surface area contributed by atoms with Gasteiger partial charge >= 0.3 is 0 Å². The lowest BCUT2D eigenvalue weighted by molar-refractivity contribution is 0.789. The van der Waals surface area contributed by atoms with Gasteiger partial charge in [-0.05, 0) is 39.3 Å². The monoisotopic (exact) mass is 453 g/mol. The zero-order valence-electron chi connectivity index (χ0n) is 21.0. The highest BCUT2D eigenvalue weighted by atomic mass is 28.3. The SMILES string of the molecule is CC(C)C1=Cc2c(ccc(-c3ccccc3)c2-c2cc([Si](C)(C)C)cc([Si](C)(C)C)c2)[CH]1. The molecule has 32 heavy (non-hydrogen) atoms. The third-order valence-corrected chi connectivity index (χ3v) is 10.7. The molecule has 0 atom stereocenters. The van der Waals surface area contributed by atoms with Crippen LogP contribution in [-0.2, 0) is 0 Å². The van der Waals surface area contributed by atoms with E-state index in [1.807, 2.05) is 0 Å². The minimum absolute atomic E-state index is 0.529. The smallest absolute Gasteiger partial charge is 0.0656 e. The molecule has 1 radical (unpaired) electrons. The van der Waals surface area contributed by atoms with Crippen LogP contribution in [0.5, 0.6) is 0 Å². The molecule has 0 fully saturated rings. The quantitative estimate of drug-likeness (QED) is 0.347. The molecule has 165 valence electrons. The van der Waals surface area contributed by atoms with Gasteiger partial charge in [-0.15, -0.1) is 0 Å². The highest BCUT2D eigenvalue weighted by Crippen LogP contribution is 2.42. The maximum Gasteiger partial charge on any atom is 0.0776 e. The summed E-state index contributed by atoms with van der Waals surface area (Å²) in [5.41, 5.74) is 9.62. The number of hydrogen-bond donors (Lipinski definition) is 0. The van der Waals surface area contributed by atoms with Crippen molar-refractivity contribution in [2.75, 3.05) is 0 Å². The zero-order chi connectivity index (χ0) is 23.3. The molecule has 4 rings (SSSR count). The minimum Gasteiger partial charge on any atom is -0.0656 e. The van der Waals surface area contributed by atoms with Crippen molar-refractivity contribution in [2.45, 2.75) is 53.1 Å². The van der Waals surface area contributed by atoms with Gasteiger partial charge in [-0.2, -0.15) is 0 Å². The first kappa shape index (κ1) is 23.0. The molecule has 3 aromatic carbocycles. The van der Waals surface area contributed by atoms with E-state index in [2.05, 4.69) is 126 Å². The van der Waals surface area contributed by atoms with Crippen LogP contribution in [0.4, 0.5) is 0 Å². The highest BCUT2D eigenvalue weighted by molar-refractivity contribution is 6.91. The second kappa shape index (κ2) is 8.31. The molecule has 1 aliphatic carbocycles. The first-order valence-corrected chi connectivity index (χ1v) is 18.9. The van der Waals surface area contributed by atoms with E-state index in [1.54, 1.807) is 10.4 Å². The minimum atomic E-state index is -1.46. The Morgan fingerprint density at radius 2 is 1.25 bits per heavy atom. The molecule has 0 aromatic heterocycles. The van der Waals surface area contributed by atoms with E-state index in [0.717, 1.165) is 0 Å². The highest BCUT2D eigenvalue weighted by Gasteiger charge is 2.26. The summed E-state index contributed by atoms with van der Waals surface area (Å²) >= 11 is 0. The maximum atomic E-state index is 2.54. The molecule has 0 unspecified atom stereocenters. The number of hydrogen-bond acceptors (Lipinski definition) is 0. The van der Waals surface area contributed by atoms with Crippen molar-refractivity contribution in [1.29, 1.82) is 0 Å². The lowest BCUT2D eigenvalue weighted by atomic mass is 9.89. The fourth-order valence-corrected chi connectivity index (χ4v) is 6.94. The fourth-order valence-electron chi connectivity index (χ4n) is 4.45. The summed E-state index contributed by atoms with van der Waals surface area (Å²) < 4.78 is 0. The van der Waals surface area contributed by atoms with Gasteiger partial charge in [-0.25, -0.2) is 0 Å². The van der Waals surface area contributed by atoms with Crippen LogP contribution in [0.2, 0.25) is 39.3 Å². The van der Waals surface area contributed by atoms with Gasteiger partial charge in [0.1, 0.15) is 0 Å². The molecule has 0 nitrogen and oxygen atoms in total. The second-order valence-corrected chi connectivity index (χ2v) is 21.8. The number of allylic oxidation sites excluding steroid dienone is 1. The van der Waals surface area contributed by atoms with Crippen LogP contribution in [0.3, 0.4) is 0 Å². The fraction of sp³-hybridized carbons (Fsp3) is 0.300. The largest absolute Gasteiger partial charge is 0.0776 e. The Bertz CT molecular complexity index is 1140. The Labute approximate surface area is 197 Å². The normalized spacial score (nSPS) is 14.0. The summed E-state index contributed by atoms with van der Waals surface area (Å²) in [6, 6.07) is 23.1. The Hall–Kier alpha value is -2.17. The van der Waals surface area contributed by atoms with Crippen LogP contribution in [-0.4, -0.2) is 16.1 Å². The van der Waals surface area contributed by atoms with E-state index in [-0.39, 0.29) is 0 Å². The van der Waals surface area contributed by atoms with E-state index < -0.39 is 16.1 Å². The van der Waals surface area contributed by atoms with Crippen molar-refractivity contribution in [2.24, 2.45) is 5.92 Å². The molecular weight excluding hydrogens is 417 g/mol. The summed E-state index contributed by atoms with van der Waals surface area (Å²) in [5, 5.41) is 3.14. The van der Waals surface area contributed by atoms with Crippen LogP contribution in [0.1, 0.15) is 25.0 Å². The van der Waals surface area contributed by atoms with E-state index >= 15 is 0 Å². The lowest BCUT2D eigenvalue weighted by Gasteiger charge is -2.25. The van der Waals surface area contributed by atoms with Crippen LogP contribution >= 0.6 is 0 Å². The van der Waals surface area contributed by atoms with E-state index in [1.165, 1.54) is 39.0 Å². The van der Waals surface area contributed by atoms with Gasteiger partial charge in [0, 0.05) is 6.42 Å². The first-order chi connectivity index (χ1) is 14.9. The molecule has 0 heterocycles.